The average Bonchev–Trinajstić information content (AvgIpc) is 2.98. The molecule has 116 valence electrons. The third-order valence-corrected chi connectivity index (χ3v) is 4.11. The van der Waals surface area contributed by atoms with Crippen molar-refractivity contribution >= 4 is 11.9 Å². The summed E-state index contributed by atoms with van der Waals surface area (Å²) in [4.78, 5) is 25.7. The van der Waals surface area contributed by atoms with Crippen LogP contribution in [0, 0.1) is 25.7 Å². The number of aromatic nitrogens is 2. The molecule has 0 aliphatic carbocycles. The minimum absolute atomic E-state index is 0.0702. The molecular formula is C15H23N3O3. The van der Waals surface area contributed by atoms with E-state index in [1.165, 1.54) is 7.11 Å². The van der Waals surface area contributed by atoms with Crippen LogP contribution < -0.4 is 0 Å². The van der Waals surface area contributed by atoms with Gasteiger partial charge < -0.3 is 9.64 Å². The van der Waals surface area contributed by atoms with E-state index in [-0.39, 0.29) is 23.7 Å². The Hall–Kier alpha value is -1.85. The zero-order chi connectivity index (χ0) is 15.6. The molecule has 2 rings (SSSR count). The van der Waals surface area contributed by atoms with E-state index in [2.05, 4.69) is 5.10 Å². The molecule has 0 spiro atoms. The number of carbonyl (C=O) groups is 2. The van der Waals surface area contributed by atoms with Crippen molar-refractivity contribution < 1.29 is 14.3 Å². The van der Waals surface area contributed by atoms with Crippen LogP contribution in [0.1, 0.15) is 24.7 Å². The largest absolute Gasteiger partial charge is 0.469 e. The number of nitrogens with zero attached hydrogens (tertiary/aromatic N) is 3. The zero-order valence-electron chi connectivity index (χ0n) is 13.1. The number of aryl methyl sites for hydroxylation is 3. The molecule has 0 radical (unpaired) electrons. The van der Waals surface area contributed by atoms with E-state index in [4.69, 9.17) is 4.74 Å². The Morgan fingerprint density at radius 2 is 2.10 bits per heavy atom. The fraction of sp³-hybridized carbons (Fsp3) is 0.667. The molecule has 6 heteroatoms. The number of likely N-dealkylation sites (tertiary alicyclic amines) is 1. The minimum atomic E-state index is -0.226. The Morgan fingerprint density at radius 3 is 2.67 bits per heavy atom. The molecule has 2 unspecified atom stereocenters. The Bertz CT molecular complexity index is 538. The van der Waals surface area contributed by atoms with Crippen LogP contribution in [0.15, 0.2) is 6.07 Å². The molecule has 1 amide bonds. The number of methoxy groups -OCH3 is 1. The Balaban J connectivity index is 1.90. The van der Waals surface area contributed by atoms with Gasteiger partial charge in [-0.15, -0.1) is 0 Å². The number of esters is 1. The second-order valence-corrected chi connectivity index (χ2v) is 5.81. The van der Waals surface area contributed by atoms with E-state index in [1.54, 1.807) is 4.90 Å². The van der Waals surface area contributed by atoms with Crippen molar-refractivity contribution in [3.8, 4) is 0 Å². The van der Waals surface area contributed by atoms with Crippen molar-refractivity contribution in [2.24, 2.45) is 11.8 Å². The molecule has 2 heterocycles. The predicted molar refractivity (Wildman–Crippen MR) is 77.6 cm³/mol. The summed E-state index contributed by atoms with van der Waals surface area (Å²) in [5.74, 6) is -0.208. The molecule has 6 nitrogen and oxygen atoms in total. The maximum atomic E-state index is 12.3. The first-order chi connectivity index (χ1) is 9.92. The first-order valence-corrected chi connectivity index (χ1v) is 7.29. The van der Waals surface area contributed by atoms with Crippen LogP contribution in [-0.2, 0) is 20.9 Å². The van der Waals surface area contributed by atoms with Crippen LogP contribution in [0.4, 0.5) is 0 Å². The quantitative estimate of drug-likeness (QED) is 0.781. The summed E-state index contributed by atoms with van der Waals surface area (Å²) in [6.07, 6.45) is 0.405. The number of carbonyl (C=O) groups excluding carboxylic acids is 2. The van der Waals surface area contributed by atoms with Gasteiger partial charge in [0.05, 0.1) is 18.7 Å². The summed E-state index contributed by atoms with van der Waals surface area (Å²) in [5.41, 5.74) is 2.02. The highest BCUT2D eigenvalue weighted by molar-refractivity contribution is 5.79. The number of hydrogen-bond donors (Lipinski definition) is 0. The normalized spacial score (nSPS) is 21.6. The summed E-state index contributed by atoms with van der Waals surface area (Å²) in [6, 6.07) is 2.00. The van der Waals surface area contributed by atoms with E-state index in [9.17, 15) is 9.59 Å². The molecule has 1 fully saturated rings. The lowest BCUT2D eigenvalue weighted by Gasteiger charge is -2.16. The van der Waals surface area contributed by atoms with Crippen molar-refractivity contribution in [3.05, 3.63) is 17.5 Å². The van der Waals surface area contributed by atoms with Gasteiger partial charge in [0.1, 0.15) is 0 Å². The van der Waals surface area contributed by atoms with Gasteiger partial charge in [0, 0.05) is 31.7 Å². The monoisotopic (exact) mass is 293 g/mol. The topological polar surface area (TPSA) is 64.4 Å². The van der Waals surface area contributed by atoms with Gasteiger partial charge in [-0.2, -0.15) is 5.10 Å². The summed E-state index contributed by atoms with van der Waals surface area (Å²) < 4.78 is 6.64. The van der Waals surface area contributed by atoms with Gasteiger partial charge >= 0.3 is 5.97 Å². The van der Waals surface area contributed by atoms with Gasteiger partial charge in [0.15, 0.2) is 0 Å². The molecule has 1 aliphatic heterocycles. The van der Waals surface area contributed by atoms with Gasteiger partial charge in [-0.1, -0.05) is 6.92 Å². The minimum Gasteiger partial charge on any atom is -0.469 e. The van der Waals surface area contributed by atoms with Gasteiger partial charge in [-0.3, -0.25) is 14.3 Å². The van der Waals surface area contributed by atoms with Gasteiger partial charge in [-0.25, -0.2) is 0 Å². The molecule has 0 N–H and O–H groups in total. The van der Waals surface area contributed by atoms with E-state index in [0.717, 1.165) is 11.4 Å². The highest BCUT2D eigenvalue weighted by Crippen LogP contribution is 2.24. The third kappa shape index (κ3) is 3.43. The maximum Gasteiger partial charge on any atom is 0.310 e. The first-order valence-electron chi connectivity index (χ1n) is 7.29. The molecule has 2 atom stereocenters. The lowest BCUT2D eigenvalue weighted by Crippen LogP contribution is -2.31. The predicted octanol–water partition coefficient (Wildman–Crippen LogP) is 1.16. The molecular weight excluding hydrogens is 270 g/mol. The highest BCUT2D eigenvalue weighted by Gasteiger charge is 2.37. The summed E-state index contributed by atoms with van der Waals surface area (Å²) in [6.45, 7) is 7.56. The van der Waals surface area contributed by atoms with Gasteiger partial charge in [0.25, 0.3) is 0 Å². The van der Waals surface area contributed by atoms with Crippen molar-refractivity contribution in [1.82, 2.24) is 14.7 Å². The molecule has 1 aromatic rings. The SMILES string of the molecule is COC(=O)C1CN(C(=O)CCn2nc(C)cc2C)CC1C. The first kappa shape index (κ1) is 15.5. The lowest BCUT2D eigenvalue weighted by molar-refractivity contribution is -0.146. The number of ether oxygens (including phenoxy) is 1. The molecule has 21 heavy (non-hydrogen) atoms. The Labute approximate surface area is 125 Å². The lowest BCUT2D eigenvalue weighted by atomic mass is 9.99. The second-order valence-electron chi connectivity index (χ2n) is 5.81. The van der Waals surface area contributed by atoms with Crippen LogP contribution in [0.5, 0.6) is 0 Å². The molecule has 0 aromatic carbocycles. The number of hydrogen-bond acceptors (Lipinski definition) is 4. The Kier molecular flexibility index (Phi) is 4.65. The van der Waals surface area contributed by atoms with E-state index in [0.29, 0.717) is 26.1 Å². The van der Waals surface area contributed by atoms with Crippen molar-refractivity contribution in [3.63, 3.8) is 0 Å². The van der Waals surface area contributed by atoms with Crippen LogP contribution in [0.3, 0.4) is 0 Å². The summed E-state index contributed by atoms with van der Waals surface area (Å²) >= 11 is 0. The van der Waals surface area contributed by atoms with Crippen molar-refractivity contribution in [2.75, 3.05) is 20.2 Å². The van der Waals surface area contributed by atoms with Crippen LogP contribution >= 0.6 is 0 Å². The maximum absolute atomic E-state index is 12.3. The van der Waals surface area contributed by atoms with Gasteiger partial charge in [-0.05, 0) is 25.8 Å². The molecule has 1 aromatic heterocycles. The second kappa shape index (κ2) is 6.28. The zero-order valence-corrected chi connectivity index (χ0v) is 13.1. The molecule has 0 saturated carbocycles. The van der Waals surface area contributed by atoms with Gasteiger partial charge in [0.2, 0.25) is 5.91 Å². The molecule has 0 bridgehead atoms. The Morgan fingerprint density at radius 1 is 1.38 bits per heavy atom. The van der Waals surface area contributed by atoms with Crippen molar-refractivity contribution in [1.29, 1.82) is 0 Å². The highest BCUT2D eigenvalue weighted by atomic mass is 16.5. The summed E-state index contributed by atoms with van der Waals surface area (Å²) in [5, 5.41) is 4.35. The molecule has 1 aliphatic rings. The van der Waals surface area contributed by atoms with E-state index >= 15 is 0 Å². The van der Waals surface area contributed by atoms with Crippen molar-refractivity contribution in [2.45, 2.75) is 33.7 Å². The third-order valence-electron chi connectivity index (χ3n) is 4.11. The number of rotatable bonds is 4. The standard InChI is InChI=1S/C15H23N3O3/c1-10-8-17(9-13(10)15(20)21-4)14(19)5-6-18-12(3)7-11(2)16-18/h7,10,13H,5-6,8-9H2,1-4H3. The fourth-order valence-corrected chi connectivity index (χ4v) is 2.89. The number of amides is 1. The smallest absolute Gasteiger partial charge is 0.310 e. The van der Waals surface area contributed by atoms with E-state index < -0.39 is 0 Å². The summed E-state index contributed by atoms with van der Waals surface area (Å²) in [7, 11) is 1.39. The van der Waals surface area contributed by atoms with Crippen LogP contribution in [-0.4, -0.2) is 46.8 Å². The molecule has 1 saturated heterocycles. The van der Waals surface area contributed by atoms with E-state index in [1.807, 2.05) is 31.5 Å². The van der Waals surface area contributed by atoms with Crippen LogP contribution in [0.2, 0.25) is 0 Å². The fourth-order valence-electron chi connectivity index (χ4n) is 2.89. The average molecular weight is 293 g/mol. The van der Waals surface area contributed by atoms with Crippen LogP contribution in [0.25, 0.3) is 0 Å².